The van der Waals surface area contributed by atoms with E-state index in [9.17, 15) is 0 Å². The maximum Gasteiger partial charge on any atom is 0.0752 e. The van der Waals surface area contributed by atoms with Gasteiger partial charge >= 0.3 is 0 Å². The molecule has 2 heteroatoms. The molecule has 0 amide bonds. The van der Waals surface area contributed by atoms with E-state index in [1.54, 1.807) is 0 Å². The highest BCUT2D eigenvalue weighted by molar-refractivity contribution is 14.1. The molecular weight excluding hydrogens is 287 g/mol. The molecule has 1 saturated heterocycles. The maximum atomic E-state index is 6.37. The number of rotatable bonds is 2. The van der Waals surface area contributed by atoms with Gasteiger partial charge in [-0.3, -0.25) is 0 Å². The van der Waals surface area contributed by atoms with Crippen molar-refractivity contribution in [3.05, 3.63) is 0 Å². The first-order valence-corrected chi connectivity index (χ1v) is 7.40. The van der Waals surface area contributed by atoms with Crippen LogP contribution in [-0.4, -0.2) is 15.6 Å². The Morgan fingerprint density at radius 2 is 2.14 bits per heavy atom. The Balaban J connectivity index is 2.00. The van der Waals surface area contributed by atoms with Crippen LogP contribution in [0.3, 0.4) is 0 Å². The van der Waals surface area contributed by atoms with Gasteiger partial charge in [-0.15, -0.1) is 0 Å². The van der Waals surface area contributed by atoms with Gasteiger partial charge in [0.05, 0.1) is 11.2 Å². The minimum Gasteiger partial charge on any atom is -0.368 e. The van der Waals surface area contributed by atoms with Gasteiger partial charge in [0.15, 0.2) is 0 Å². The predicted molar refractivity (Wildman–Crippen MR) is 68.0 cm³/mol. The number of hydrogen-bond donors (Lipinski definition) is 0. The lowest BCUT2D eigenvalue weighted by atomic mass is 9.94. The van der Waals surface area contributed by atoms with Crippen molar-refractivity contribution in [2.45, 2.75) is 63.6 Å². The van der Waals surface area contributed by atoms with Crippen molar-refractivity contribution in [3.63, 3.8) is 0 Å². The van der Waals surface area contributed by atoms with E-state index in [0.717, 1.165) is 10.3 Å². The van der Waals surface area contributed by atoms with Crippen LogP contribution in [0.1, 0.15) is 52.4 Å². The van der Waals surface area contributed by atoms with Crippen molar-refractivity contribution in [2.75, 3.05) is 4.43 Å². The largest absolute Gasteiger partial charge is 0.368 e. The van der Waals surface area contributed by atoms with Gasteiger partial charge in [0.1, 0.15) is 0 Å². The maximum absolute atomic E-state index is 6.37. The molecule has 1 saturated carbocycles. The van der Waals surface area contributed by atoms with Gasteiger partial charge in [0.2, 0.25) is 0 Å². The predicted octanol–water partition coefficient (Wildman–Crippen LogP) is 3.94. The fraction of sp³-hybridized carbons (Fsp3) is 1.00. The fourth-order valence-corrected chi connectivity index (χ4v) is 3.61. The molecule has 2 rings (SSSR count). The zero-order chi connectivity index (χ0) is 10.2. The first-order valence-electron chi connectivity index (χ1n) is 5.88. The summed E-state index contributed by atoms with van der Waals surface area (Å²) in [5, 5.41) is 0. The summed E-state index contributed by atoms with van der Waals surface area (Å²) in [5.41, 5.74) is 0.476. The number of hydrogen-bond acceptors (Lipinski definition) is 1. The molecule has 2 fully saturated rings. The molecule has 82 valence electrons. The first kappa shape index (κ1) is 11.2. The first-order chi connectivity index (χ1) is 6.61. The normalized spacial score (nSPS) is 47.8. The summed E-state index contributed by atoms with van der Waals surface area (Å²) in [4.78, 5) is 0. The van der Waals surface area contributed by atoms with Crippen molar-refractivity contribution in [2.24, 2.45) is 5.92 Å². The second kappa shape index (κ2) is 3.93. The van der Waals surface area contributed by atoms with E-state index in [0.29, 0.717) is 5.60 Å². The Morgan fingerprint density at radius 1 is 1.36 bits per heavy atom. The average Bonchev–Trinajstić information content (AvgIpc) is 2.73. The number of alkyl halides is 1. The summed E-state index contributed by atoms with van der Waals surface area (Å²) in [6.45, 7) is 4.60. The molecule has 1 heterocycles. The Morgan fingerprint density at radius 3 is 2.64 bits per heavy atom. The standard InChI is InChI=1S/C12H21IO/c1-3-10-4-5-12(8-10)7-6-11(2,9-13)14-12/h10H,3-9H2,1-2H3. The highest BCUT2D eigenvalue weighted by Gasteiger charge is 2.49. The van der Waals surface area contributed by atoms with Crippen molar-refractivity contribution in [3.8, 4) is 0 Å². The summed E-state index contributed by atoms with van der Waals surface area (Å²) in [6, 6.07) is 0. The Bertz CT molecular complexity index is 218. The lowest BCUT2D eigenvalue weighted by molar-refractivity contribution is -0.0793. The topological polar surface area (TPSA) is 9.23 Å². The minimum absolute atomic E-state index is 0.184. The van der Waals surface area contributed by atoms with Gasteiger partial charge < -0.3 is 4.74 Å². The van der Waals surface area contributed by atoms with E-state index in [1.807, 2.05) is 0 Å². The van der Waals surface area contributed by atoms with Crippen LogP contribution >= 0.6 is 22.6 Å². The van der Waals surface area contributed by atoms with E-state index >= 15 is 0 Å². The van der Waals surface area contributed by atoms with Crippen molar-refractivity contribution in [1.29, 1.82) is 0 Å². The van der Waals surface area contributed by atoms with E-state index in [-0.39, 0.29) is 5.60 Å². The highest BCUT2D eigenvalue weighted by Crippen LogP contribution is 2.50. The molecule has 2 aliphatic rings. The number of ether oxygens (including phenoxy) is 1. The summed E-state index contributed by atoms with van der Waals surface area (Å²) in [5.74, 6) is 0.937. The molecule has 1 nitrogen and oxygen atoms in total. The highest BCUT2D eigenvalue weighted by atomic mass is 127. The molecule has 1 aliphatic carbocycles. The monoisotopic (exact) mass is 308 g/mol. The van der Waals surface area contributed by atoms with E-state index < -0.39 is 0 Å². The molecule has 14 heavy (non-hydrogen) atoms. The zero-order valence-corrected chi connectivity index (χ0v) is 11.5. The lowest BCUT2D eigenvalue weighted by Crippen LogP contribution is -2.32. The third-order valence-corrected chi connectivity index (χ3v) is 5.71. The van der Waals surface area contributed by atoms with E-state index in [4.69, 9.17) is 4.74 Å². The van der Waals surface area contributed by atoms with Gasteiger partial charge in [-0.05, 0) is 44.9 Å². The van der Waals surface area contributed by atoms with Crippen LogP contribution in [0.2, 0.25) is 0 Å². The minimum atomic E-state index is 0.184. The average molecular weight is 308 g/mol. The van der Waals surface area contributed by atoms with Crippen LogP contribution in [-0.2, 0) is 4.74 Å². The summed E-state index contributed by atoms with van der Waals surface area (Å²) >= 11 is 2.47. The molecular formula is C12H21IO. The van der Waals surface area contributed by atoms with Gasteiger partial charge in [0.25, 0.3) is 0 Å². The SMILES string of the molecule is CCC1CCC2(CCC(C)(CI)O2)C1. The molecule has 1 spiro atoms. The molecule has 3 unspecified atom stereocenters. The summed E-state index contributed by atoms with van der Waals surface area (Å²) in [7, 11) is 0. The Kier molecular flexibility index (Phi) is 3.14. The van der Waals surface area contributed by atoms with Crippen molar-refractivity contribution in [1.82, 2.24) is 0 Å². The Labute approximate surface area is 101 Å². The van der Waals surface area contributed by atoms with Crippen LogP contribution in [0.25, 0.3) is 0 Å². The molecule has 1 aliphatic heterocycles. The summed E-state index contributed by atoms with van der Waals surface area (Å²) in [6.07, 6.45) is 7.96. The van der Waals surface area contributed by atoms with Crippen LogP contribution in [0, 0.1) is 5.92 Å². The van der Waals surface area contributed by atoms with E-state index in [2.05, 4.69) is 36.4 Å². The molecule has 0 aromatic rings. The number of halogens is 1. The lowest BCUT2D eigenvalue weighted by Gasteiger charge is -2.29. The molecule has 0 aromatic heterocycles. The quantitative estimate of drug-likeness (QED) is 0.554. The van der Waals surface area contributed by atoms with Crippen LogP contribution < -0.4 is 0 Å². The second-order valence-electron chi connectivity index (χ2n) is 5.39. The van der Waals surface area contributed by atoms with Gasteiger partial charge in [-0.2, -0.15) is 0 Å². The van der Waals surface area contributed by atoms with Crippen LogP contribution in [0.15, 0.2) is 0 Å². The van der Waals surface area contributed by atoms with Gasteiger partial charge in [-0.1, -0.05) is 35.9 Å². The summed E-state index contributed by atoms with van der Waals surface area (Å²) < 4.78 is 7.51. The van der Waals surface area contributed by atoms with Crippen LogP contribution in [0.5, 0.6) is 0 Å². The molecule has 0 bridgehead atoms. The molecule has 0 radical (unpaired) electrons. The smallest absolute Gasteiger partial charge is 0.0752 e. The zero-order valence-electron chi connectivity index (χ0n) is 9.31. The third-order valence-electron chi connectivity index (χ3n) is 4.10. The Hall–Kier alpha value is 0.690. The van der Waals surface area contributed by atoms with Crippen molar-refractivity contribution < 1.29 is 4.74 Å². The fourth-order valence-electron chi connectivity index (χ4n) is 3.08. The van der Waals surface area contributed by atoms with Crippen LogP contribution in [0.4, 0.5) is 0 Å². The molecule has 0 N–H and O–H groups in total. The molecule has 3 atom stereocenters. The third kappa shape index (κ3) is 1.97. The second-order valence-corrected chi connectivity index (χ2v) is 6.15. The van der Waals surface area contributed by atoms with E-state index in [1.165, 1.54) is 38.5 Å². The van der Waals surface area contributed by atoms with Gasteiger partial charge in [-0.25, -0.2) is 0 Å². The molecule has 0 aromatic carbocycles. The van der Waals surface area contributed by atoms with Gasteiger partial charge in [0, 0.05) is 4.43 Å². The van der Waals surface area contributed by atoms with Crippen molar-refractivity contribution >= 4 is 22.6 Å².